The Labute approximate surface area is 121 Å². The lowest BCUT2D eigenvalue weighted by Gasteiger charge is -2.18. The predicted octanol–water partition coefficient (Wildman–Crippen LogP) is 2.86. The Bertz CT molecular complexity index is 601. The van der Waals surface area contributed by atoms with Crippen LogP contribution in [0, 0.1) is 0 Å². The smallest absolute Gasteiger partial charge is 0.161 e. The fraction of sp³-hybridized carbons (Fsp3) is 0.200. The zero-order chi connectivity index (χ0) is 14.5. The lowest BCUT2D eigenvalue weighted by Crippen LogP contribution is -2.20. The molecule has 0 heterocycles. The first-order chi connectivity index (χ1) is 9.67. The highest BCUT2D eigenvalue weighted by atomic mass is 32.2. The summed E-state index contributed by atoms with van der Waals surface area (Å²) in [5, 5.41) is 0. The lowest BCUT2D eigenvalue weighted by molar-refractivity contribution is 0.354. The number of ether oxygens (including phenoxy) is 2. The summed E-state index contributed by atoms with van der Waals surface area (Å²) in [6.07, 6.45) is 0. The molecule has 0 N–H and O–H groups in total. The second kappa shape index (κ2) is 6.43. The summed E-state index contributed by atoms with van der Waals surface area (Å²) < 4.78 is 24.7. The molecule has 0 aliphatic rings. The van der Waals surface area contributed by atoms with E-state index in [4.69, 9.17) is 9.47 Å². The van der Waals surface area contributed by atoms with Crippen molar-refractivity contribution in [2.75, 3.05) is 25.6 Å². The van der Waals surface area contributed by atoms with E-state index < -0.39 is 11.0 Å². The number of hydrogen-bond donors (Lipinski definition) is 0. The van der Waals surface area contributed by atoms with Crippen LogP contribution in [-0.4, -0.2) is 25.5 Å². The summed E-state index contributed by atoms with van der Waals surface area (Å²) >= 11 is 0. The topological polar surface area (TPSA) is 38.8 Å². The van der Waals surface area contributed by atoms with E-state index in [0.29, 0.717) is 16.4 Å². The molecule has 1 atom stereocenters. The Morgan fingerprint density at radius 3 is 2.20 bits per heavy atom. The molecular weight excluding hydrogens is 274 g/mol. The molecule has 0 aliphatic carbocycles. The van der Waals surface area contributed by atoms with Gasteiger partial charge in [-0.1, -0.05) is 18.2 Å². The van der Waals surface area contributed by atoms with Crippen molar-refractivity contribution in [3.8, 4) is 11.5 Å². The molecule has 0 amide bonds. The fourth-order valence-electron chi connectivity index (χ4n) is 1.82. The first-order valence-corrected chi connectivity index (χ1v) is 7.20. The maximum Gasteiger partial charge on any atom is 0.161 e. The average Bonchev–Trinajstić information content (AvgIpc) is 2.53. The van der Waals surface area contributed by atoms with Crippen molar-refractivity contribution in [3.05, 3.63) is 48.5 Å². The van der Waals surface area contributed by atoms with Crippen LogP contribution >= 0.6 is 0 Å². The molecule has 4 nitrogen and oxygen atoms in total. The van der Waals surface area contributed by atoms with Crippen LogP contribution in [0.4, 0.5) is 5.69 Å². The van der Waals surface area contributed by atoms with Crippen LogP contribution in [0.1, 0.15) is 0 Å². The number of methoxy groups -OCH3 is 2. The Kier molecular flexibility index (Phi) is 4.63. The van der Waals surface area contributed by atoms with Gasteiger partial charge in [-0.15, -0.1) is 0 Å². The third-order valence-electron chi connectivity index (χ3n) is 2.93. The van der Waals surface area contributed by atoms with E-state index in [0.717, 1.165) is 5.69 Å². The largest absolute Gasteiger partial charge is 0.493 e. The van der Waals surface area contributed by atoms with E-state index in [2.05, 4.69) is 0 Å². The summed E-state index contributed by atoms with van der Waals surface area (Å²) in [7, 11) is 3.63. The molecule has 0 fully saturated rings. The van der Waals surface area contributed by atoms with Gasteiger partial charge in [0.1, 0.15) is 0 Å². The van der Waals surface area contributed by atoms with Gasteiger partial charge in [-0.2, -0.15) is 0 Å². The normalized spacial score (nSPS) is 11.8. The van der Waals surface area contributed by atoms with Crippen molar-refractivity contribution in [1.82, 2.24) is 0 Å². The van der Waals surface area contributed by atoms with E-state index in [1.807, 2.05) is 30.3 Å². The highest BCUT2D eigenvalue weighted by Crippen LogP contribution is 2.30. The summed E-state index contributed by atoms with van der Waals surface area (Å²) in [6, 6.07) is 14.8. The standard InChI is InChI=1S/C15H17NO3S/c1-16(12-7-5-4-6-8-12)20(17)13-9-10-14(18-2)15(11-13)19-3/h4-11H,1-3H3. The van der Waals surface area contributed by atoms with Crippen LogP contribution in [0.2, 0.25) is 0 Å². The molecule has 2 aromatic carbocycles. The molecule has 2 aromatic rings. The summed E-state index contributed by atoms with van der Waals surface area (Å²) in [5.41, 5.74) is 0.889. The number of hydrogen-bond acceptors (Lipinski definition) is 3. The van der Waals surface area contributed by atoms with Crippen molar-refractivity contribution in [3.63, 3.8) is 0 Å². The van der Waals surface area contributed by atoms with Crippen LogP contribution in [0.15, 0.2) is 53.4 Å². The van der Waals surface area contributed by atoms with Gasteiger partial charge in [-0.3, -0.25) is 4.31 Å². The molecule has 2 rings (SSSR count). The van der Waals surface area contributed by atoms with Gasteiger partial charge in [-0.25, -0.2) is 4.21 Å². The van der Waals surface area contributed by atoms with Crippen LogP contribution < -0.4 is 13.8 Å². The van der Waals surface area contributed by atoms with E-state index in [1.54, 1.807) is 43.8 Å². The summed E-state index contributed by atoms with van der Waals surface area (Å²) in [4.78, 5) is 0.661. The van der Waals surface area contributed by atoms with Gasteiger partial charge in [0, 0.05) is 18.8 Å². The summed E-state index contributed by atoms with van der Waals surface area (Å²) in [5.74, 6) is 1.19. The first-order valence-electron chi connectivity index (χ1n) is 6.10. The fourth-order valence-corrected chi connectivity index (χ4v) is 2.84. The predicted molar refractivity (Wildman–Crippen MR) is 80.8 cm³/mol. The molecule has 0 bridgehead atoms. The van der Waals surface area contributed by atoms with E-state index in [9.17, 15) is 4.21 Å². The molecular formula is C15H17NO3S. The quantitative estimate of drug-likeness (QED) is 0.850. The van der Waals surface area contributed by atoms with Crippen LogP contribution in [0.5, 0.6) is 11.5 Å². The lowest BCUT2D eigenvalue weighted by atomic mass is 10.3. The van der Waals surface area contributed by atoms with Gasteiger partial charge in [-0.05, 0) is 24.3 Å². The van der Waals surface area contributed by atoms with E-state index >= 15 is 0 Å². The van der Waals surface area contributed by atoms with Gasteiger partial charge in [0.25, 0.3) is 0 Å². The Morgan fingerprint density at radius 2 is 1.60 bits per heavy atom. The van der Waals surface area contributed by atoms with Crippen molar-refractivity contribution in [2.24, 2.45) is 0 Å². The molecule has 106 valence electrons. The third kappa shape index (κ3) is 2.93. The zero-order valence-corrected chi connectivity index (χ0v) is 12.5. The zero-order valence-electron chi connectivity index (χ0n) is 11.7. The molecule has 0 saturated carbocycles. The highest BCUT2D eigenvalue weighted by molar-refractivity contribution is 7.86. The number of anilines is 1. The molecule has 20 heavy (non-hydrogen) atoms. The Balaban J connectivity index is 2.29. The van der Waals surface area contributed by atoms with Gasteiger partial charge in [0.2, 0.25) is 0 Å². The second-order valence-electron chi connectivity index (χ2n) is 4.10. The molecule has 5 heteroatoms. The minimum atomic E-state index is -1.30. The maximum atomic E-state index is 12.6. The third-order valence-corrected chi connectivity index (χ3v) is 4.29. The molecule has 0 aliphatic heterocycles. The van der Waals surface area contributed by atoms with Gasteiger partial charge in [0.15, 0.2) is 22.5 Å². The monoisotopic (exact) mass is 291 g/mol. The molecule has 0 spiro atoms. The number of rotatable bonds is 5. The van der Waals surface area contributed by atoms with Crippen molar-refractivity contribution in [1.29, 1.82) is 0 Å². The molecule has 0 aromatic heterocycles. The minimum Gasteiger partial charge on any atom is -0.493 e. The van der Waals surface area contributed by atoms with E-state index in [-0.39, 0.29) is 0 Å². The van der Waals surface area contributed by atoms with Crippen molar-refractivity contribution in [2.45, 2.75) is 4.90 Å². The number of benzene rings is 2. The number of para-hydroxylation sites is 1. The SMILES string of the molecule is COc1ccc(S(=O)N(C)c2ccccc2)cc1OC. The molecule has 0 saturated heterocycles. The highest BCUT2D eigenvalue weighted by Gasteiger charge is 2.14. The van der Waals surface area contributed by atoms with Gasteiger partial charge in [0.05, 0.1) is 19.1 Å². The Morgan fingerprint density at radius 1 is 0.950 bits per heavy atom. The second-order valence-corrected chi connectivity index (χ2v) is 5.62. The van der Waals surface area contributed by atoms with Crippen molar-refractivity contribution >= 4 is 16.7 Å². The summed E-state index contributed by atoms with van der Waals surface area (Å²) in [6.45, 7) is 0. The molecule has 0 radical (unpaired) electrons. The van der Waals surface area contributed by atoms with Crippen molar-refractivity contribution < 1.29 is 13.7 Å². The van der Waals surface area contributed by atoms with E-state index in [1.165, 1.54) is 0 Å². The number of nitrogens with zero attached hydrogens (tertiary/aromatic N) is 1. The van der Waals surface area contributed by atoms with Gasteiger partial charge >= 0.3 is 0 Å². The van der Waals surface area contributed by atoms with Crippen LogP contribution in [-0.2, 0) is 11.0 Å². The maximum absolute atomic E-state index is 12.6. The van der Waals surface area contributed by atoms with Gasteiger partial charge < -0.3 is 9.47 Å². The first kappa shape index (κ1) is 14.4. The van der Waals surface area contributed by atoms with Crippen LogP contribution in [0.3, 0.4) is 0 Å². The Hall–Kier alpha value is -2.01. The average molecular weight is 291 g/mol. The van der Waals surface area contributed by atoms with Crippen LogP contribution in [0.25, 0.3) is 0 Å². The molecule has 1 unspecified atom stereocenters. The minimum absolute atomic E-state index is 0.569.